The quantitative estimate of drug-likeness (QED) is 0.540. The molecule has 4 rings (SSSR count). The predicted molar refractivity (Wildman–Crippen MR) is 113 cm³/mol. The second-order valence-electron chi connectivity index (χ2n) is 11.1. The second-order valence-corrected chi connectivity index (χ2v) is 11.1. The average Bonchev–Trinajstić information content (AvgIpc) is 3.05. The van der Waals surface area contributed by atoms with Crippen molar-refractivity contribution in [1.82, 2.24) is 0 Å². The number of methoxy groups -OCH3 is 1. The van der Waals surface area contributed by atoms with Crippen molar-refractivity contribution in [2.75, 3.05) is 7.11 Å². The third-order valence-electron chi connectivity index (χ3n) is 10.1. The van der Waals surface area contributed by atoms with Crippen molar-refractivity contribution in [1.29, 1.82) is 0 Å². The number of fused-ring (bicyclic) bond motifs is 5. The molecule has 4 heteroatoms. The molecule has 4 nitrogen and oxygen atoms in total. The molecule has 0 saturated heterocycles. The predicted octanol–water partition coefficient (Wildman–Crippen LogP) is 4.34. The largest absolute Gasteiger partial charge is 0.469 e. The number of esters is 1. The van der Waals surface area contributed by atoms with Crippen LogP contribution in [0.1, 0.15) is 72.1 Å². The zero-order chi connectivity index (χ0) is 21.0. The lowest BCUT2D eigenvalue weighted by atomic mass is 9.44. The lowest BCUT2D eigenvalue weighted by Gasteiger charge is -2.62. The maximum Gasteiger partial charge on any atom is 0.305 e. The van der Waals surface area contributed by atoms with Crippen LogP contribution in [0.25, 0.3) is 0 Å². The first-order chi connectivity index (χ1) is 13.7. The molecular weight excluding hydrogens is 364 g/mol. The first-order valence-corrected chi connectivity index (χ1v) is 11.8. The summed E-state index contributed by atoms with van der Waals surface area (Å²) >= 11 is 0. The molecule has 0 radical (unpaired) electrons. The van der Waals surface area contributed by atoms with Gasteiger partial charge in [-0.1, -0.05) is 32.9 Å². The van der Waals surface area contributed by atoms with Crippen LogP contribution in [-0.4, -0.2) is 35.5 Å². The molecule has 10 atom stereocenters. The van der Waals surface area contributed by atoms with Gasteiger partial charge in [0.25, 0.3) is 0 Å². The average molecular weight is 405 g/mol. The molecule has 0 aromatic carbocycles. The lowest BCUT2D eigenvalue weighted by molar-refractivity contribution is -0.191. The highest BCUT2D eigenvalue weighted by Gasteiger charge is 2.65. The van der Waals surface area contributed by atoms with E-state index in [0.717, 1.165) is 38.5 Å². The van der Waals surface area contributed by atoms with Crippen molar-refractivity contribution in [2.45, 2.75) is 84.3 Å². The van der Waals surface area contributed by atoms with Gasteiger partial charge in [0.05, 0.1) is 19.3 Å². The summed E-state index contributed by atoms with van der Waals surface area (Å²) < 4.78 is 4.84. The molecule has 0 bridgehead atoms. The normalized spacial score (nSPS) is 49.7. The fourth-order valence-electron chi connectivity index (χ4n) is 8.37. The Hall–Kier alpha value is -0.870. The van der Waals surface area contributed by atoms with E-state index in [0.29, 0.717) is 41.9 Å². The highest BCUT2D eigenvalue weighted by atomic mass is 16.5. The van der Waals surface area contributed by atoms with Gasteiger partial charge in [-0.2, -0.15) is 0 Å². The van der Waals surface area contributed by atoms with Gasteiger partial charge in [-0.3, -0.25) is 4.79 Å². The molecule has 29 heavy (non-hydrogen) atoms. The summed E-state index contributed by atoms with van der Waals surface area (Å²) in [5.74, 6) is 2.15. The van der Waals surface area contributed by atoms with Crippen LogP contribution in [0.4, 0.5) is 0 Å². The Morgan fingerprint density at radius 3 is 2.69 bits per heavy atom. The maximum absolute atomic E-state index is 11.6. The number of hydrogen-bond donors (Lipinski definition) is 2. The standard InChI is InChI=1S/C25H40O4/c1-15(8-11-22(28)29-4)17-9-10-18-23-19(14-21(27)25(17,18)3)24(2)12-6-5-7-16(24)13-20(23)26/h5,7,15-21,23,26-27H,6,8-14H2,1-4H3/t15?,16?,17?,18?,19?,20?,21?,23?,24-,25+/m0/s1. The molecule has 0 spiro atoms. The topological polar surface area (TPSA) is 66.8 Å². The van der Waals surface area contributed by atoms with E-state index in [1.54, 1.807) is 0 Å². The summed E-state index contributed by atoms with van der Waals surface area (Å²) in [4.78, 5) is 11.6. The van der Waals surface area contributed by atoms with Crippen molar-refractivity contribution in [3.63, 3.8) is 0 Å². The molecule has 0 aromatic rings. The smallest absolute Gasteiger partial charge is 0.305 e. The van der Waals surface area contributed by atoms with Gasteiger partial charge in [-0.05, 0) is 91.3 Å². The van der Waals surface area contributed by atoms with E-state index in [1.165, 1.54) is 13.5 Å². The molecule has 0 amide bonds. The molecule has 8 unspecified atom stereocenters. The van der Waals surface area contributed by atoms with Gasteiger partial charge in [0.15, 0.2) is 0 Å². The lowest BCUT2D eigenvalue weighted by Crippen LogP contribution is -2.61. The van der Waals surface area contributed by atoms with E-state index in [4.69, 9.17) is 4.74 Å². The Morgan fingerprint density at radius 2 is 1.97 bits per heavy atom. The van der Waals surface area contributed by atoms with Crippen molar-refractivity contribution >= 4 is 5.97 Å². The molecule has 164 valence electrons. The van der Waals surface area contributed by atoms with Crippen LogP contribution in [0.3, 0.4) is 0 Å². The molecule has 0 heterocycles. The fraction of sp³-hybridized carbons (Fsp3) is 0.880. The first-order valence-electron chi connectivity index (χ1n) is 11.8. The summed E-state index contributed by atoms with van der Waals surface area (Å²) in [5.41, 5.74) is 0.0426. The minimum atomic E-state index is -0.324. The first kappa shape index (κ1) is 21.4. The molecule has 0 aromatic heterocycles. The highest BCUT2D eigenvalue weighted by Crippen LogP contribution is 2.67. The van der Waals surface area contributed by atoms with Gasteiger partial charge < -0.3 is 14.9 Å². The Labute approximate surface area is 176 Å². The Bertz CT molecular complexity index is 659. The number of allylic oxidation sites excluding steroid dienone is 2. The fourth-order valence-corrected chi connectivity index (χ4v) is 8.37. The highest BCUT2D eigenvalue weighted by molar-refractivity contribution is 5.69. The zero-order valence-electron chi connectivity index (χ0n) is 18.6. The SMILES string of the molecule is COC(=O)CCC(C)C1CCC2C3C(O)CC4C=CCC[C@]4(C)C3CC(O)[C@]12C. The van der Waals surface area contributed by atoms with Crippen LogP contribution in [0.5, 0.6) is 0 Å². The molecular formula is C25H40O4. The number of carbonyl (C=O) groups is 1. The second kappa shape index (κ2) is 7.67. The Balaban J connectivity index is 1.59. The third kappa shape index (κ3) is 3.20. The van der Waals surface area contributed by atoms with Crippen LogP contribution in [0, 0.1) is 46.3 Å². The van der Waals surface area contributed by atoms with Crippen molar-refractivity contribution < 1.29 is 19.7 Å². The molecule has 3 saturated carbocycles. The van der Waals surface area contributed by atoms with Crippen LogP contribution in [0.2, 0.25) is 0 Å². The van der Waals surface area contributed by atoms with Crippen molar-refractivity contribution in [3.8, 4) is 0 Å². The minimum absolute atomic E-state index is 0.146. The summed E-state index contributed by atoms with van der Waals surface area (Å²) in [6, 6.07) is 0. The Kier molecular flexibility index (Phi) is 5.65. The zero-order valence-corrected chi connectivity index (χ0v) is 18.6. The van der Waals surface area contributed by atoms with Gasteiger partial charge in [-0.15, -0.1) is 0 Å². The van der Waals surface area contributed by atoms with Crippen molar-refractivity contribution in [3.05, 3.63) is 12.2 Å². The van der Waals surface area contributed by atoms with Gasteiger partial charge in [0.1, 0.15) is 0 Å². The summed E-state index contributed by atoms with van der Waals surface area (Å²) in [6.07, 6.45) is 11.5. The van der Waals surface area contributed by atoms with E-state index >= 15 is 0 Å². The van der Waals surface area contributed by atoms with Gasteiger partial charge in [0, 0.05) is 6.42 Å². The molecule has 4 aliphatic rings. The molecule has 3 fully saturated rings. The minimum Gasteiger partial charge on any atom is -0.469 e. The monoisotopic (exact) mass is 404 g/mol. The van der Waals surface area contributed by atoms with Crippen LogP contribution in [0.15, 0.2) is 12.2 Å². The van der Waals surface area contributed by atoms with Crippen molar-refractivity contribution in [2.24, 2.45) is 46.3 Å². The van der Waals surface area contributed by atoms with E-state index < -0.39 is 0 Å². The van der Waals surface area contributed by atoms with Gasteiger partial charge in [-0.25, -0.2) is 0 Å². The number of carbonyl (C=O) groups excluding carboxylic acids is 1. The summed E-state index contributed by atoms with van der Waals surface area (Å²) in [7, 11) is 1.45. The number of aliphatic hydroxyl groups excluding tert-OH is 2. The number of aliphatic hydroxyl groups is 2. The summed E-state index contributed by atoms with van der Waals surface area (Å²) in [5, 5.41) is 22.8. The van der Waals surface area contributed by atoms with Gasteiger partial charge in [0.2, 0.25) is 0 Å². The van der Waals surface area contributed by atoms with E-state index in [1.807, 2.05) is 0 Å². The summed E-state index contributed by atoms with van der Waals surface area (Å²) in [6.45, 7) is 6.94. The molecule has 2 N–H and O–H groups in total. The third-order valence-corrected chi connectivity index (χ3v) is 10.1. The number of hydrogen-bond acceptors (Lipinski definition) is 4. The molecule has 4 aliphatic carbocycles. The maximum atomic E-state index is 11.6. The van der Waals surface area contributed by atoms with Crippen LogP contribution >= 0.6 is 0 Å². The van der Waals surface area contributed by atoms with Crippen LogP contribution in [-0.2, 0) is 9.53 Å². The van der Waals surface area contributed by atoms with E-state index in [-0.39, 0.29) is 29.0 Å². The van der Waals surface area contributed by atoms with E-state index in [2.05, 4.69) is 32.9 Å². The van der Waals surface area contributed by atoms with E-state index in [9.17, 15) is 15.0 Å². The number of rotatable bonds is 4. The number of ether oxygens (including phenoxy) is 1. The Morgan fingerprint density at radius 1 is 1.21 bits per heavy atom. The van der Waals surface area contributed by atoms with Crippen LogP contribution < -0.4 is 0 Å². The van der Waals surface area contributed by atoms with Gasteiger partial charge >= 0.3 is 5.97 Å². The molecule has 0 aliphatic heterocycles.